The van der Waals surface area contributed by atoms with Crippen molar-refractivity contribution in [3.8, 4) is 0 Å². The Morgan fingerprint density at radius 2 is 2.19 bits per heavy atom. The van der Waals surface area contributed by atoms with Crippen molar-refractivity contribution >= 4 is 23.7 Å². The standard InChI is InChI=1S/C11H16N4S/c1-7(2)8(3)13-11-14-10-9(16-15-11)5-4-6-12-10/h4-8H,1-3H3,(H2,12,13,14,15). The molecule has 2 heterocycles. The van der Waals surface area contributed by atoms with Gasteiger partial charge in [0.25, 0.3) is 0 Å². The van der Waals surface area contributed by atoms with E-state index in [1.807, 2.05) is 12.1 Å². The summed E-state index contributed by atoms with van der Waals surface area (Å²) in [5.41, 5.74) is 0. The second-order valence-electron chi connectivity index (χ2n) is 4.14. The molecule has 1 atom stereocenters. The highest BCUT2D eigenvalue weighted by Gasteiger charge is 2.15. The maximum absolute atomic E-state index is 4.57. The molecule has 0 bridgehead atoms. The lowest BCUT2D eigenvalue weighted by atomic mass is 10.1. The van der Waals surface area contributed by atoms with Gasteiger partial charge in [-0.3, -0.25) is 4.72 Å². The number of aromatic nitrogens is 1. The fraction of sp³-hybridized carbons (Fsp3) is 0.455. The van der Waals surface area contributed by atoms with Gasteiger partial charge in [0.05, 0.1) is 10.9 Å². The minimum atomic E-state index is 0.292. The first kappa shape index (κ1) is 11.3. The lowest BCUT2D eigenvalue weighted by molar-refractivity contribution is 0.530. The topological polar surface area (TPSA) is 49.3 Å². The van der Waals surface area contributed by atoms with Gasteiger partial charge in [0.15, 0.2) is 0 Å². The predicted molar refractivity (Wildman–Crippen MR) is 68.6 cm³/mol. The van der Waals surface area contributed by atoms with E-state index in [9.17, 15) is 0 Å². The van der Waals surface area contributed by atoms with E-state index < -0.39 is 0 Å². The summed E-state index contributed by atoms with van der Waals surface area (Å²) in [5.74, 6) is 2.20. The van der Waals surface area contributed by atoms with Gasteiger partial charge < -0.3 is 5.32 Å². The van der Waals surface area contributed by atoms with Crippen LogP contribution in [0.15, 0.2) is 28.2 Å². The van der Waals surface area contributed by atoms with Gasteiger partial charge in [-0.05, 0) is 36.9 Å². The van der Waals surface area contributed by atoms with E-state index >= 15 is 0 Å². The minimum Gasteiger partial charge on any atom is -0.309 e. The summed E-state index contributed by atoms with van der Waals surface area (Å²) in [4.78, 5) is 9.93. The predicted octanol–water partition coefficient (Wildman–Crippen LogP) is 2.50. The molecule has 0 aliphatic carbocycles. The van der Waals surface area contributed by atoms with Crippen molar-refractivity contribution in [1.29, 1.82) is 0 Å². The molecule has 16 heavy (non-hydrogen) atoms. The first-order valence-corrected chi connectivity index (χ1v) is 6.21. The van der Waals surface area contributed by atoms with Crippen LogP contribution in [-0.2, 0) is 0 Å². The second kappa shape index (κ2) is 4.74. The summed E-state index contributed by atoms with van der Waals surface area (Å²) in [7, 11) is 0. The molecule has 1 aliphatic heterocycles. The van der Waals surface area contributed by atoms with Crippen molar-refractivity contribution in [3.63, 3.8) is 0 Å². The van der Waals surface area contributed by atoms with Gasteiger partial charge in [0.2, 0.25) is 5.96 Å². The van der Waals surface area contributed by atoms with E-state index in [0.717, 1.165) is 16.7 Å². The number of pyridine rings is 1. The molecular weight excluding hydrogens is 220 g/mol. The summed E-state index contributed by atoms with van der Waals surface area (Å²) in [6, 6.07) is 4.24. The molecule has 0 saturated heterocycles. The number of anilines is 1. The Morgan fingerprint density at radius 3 is 2.94 bits per heavy atom. The Labute approximate surface area is 100 Å². The molecule has 0 saturated carbocycles. The molecule has 2 rings (SSSR count). The Morgan fingerprint density at radius 1 is 1.38 bits per heavy atom. The van der Waals surface area contributed by atoms with E-state index in [2.05, 4.69) is 40.8 Å². The van der Waals surface area contributed by atoms with Crippen molar-refractivity contribution in [2.24, 2.45) is 10.9 Å². The van der Waals surface area contributed by atoms with Gasteiger partial charge in [0.1, 0.15) is 5.82 Å². The maximum Gasteiger partial charge on any atom is 0.207 e. The van der Waals surface area contributed by atoms with E-state index in [1.165, 1.54) is 0 Å². The van der Waals surface area contributed by atoms with Gasteiger partial charge >= 0.3 is 0 Å². The lowest BCUT2D eigenvalue weighted by Gasteiger charge is -2.21. The van der Waals surface area contributed by atoms with E-state index in [-0.39, 0.29) is 0 Å². The first-order valence-electron chi connectivity index (χ1n) is 5.39. The molecule has 1 aromatic heterocycles. The van der Waals surface area contributed by atoms with Crippen LogP contribution < -0.4 is 10.0 Å². The summed E-state index contributed by atoms with van der Waals surface area (Å²) in [6.07, 6.45) is 1.78. The fourth-order valence-corrected chi connectivity index (χ4v) is 1.88. The Bertz CT molecular complexity index is 403. The van der Waals surface area contributed by atoms with Crippen LogP contribution in [0.2, 0.25) is 0 Å². The average molecular weight is 236 g/mol. The molecule has 86 valence electrons. The van der Waals surface area contributed by atoms with Crippen LogP contribution in [0, 0.1) is 5.92 Å². The summed E-state index contributed by atoms with van der Waals surface area (Å²) < 4.78 is 3.18. The van der Waals surface area contributed by atoms with Crippen LogP contribution in [-0.4, -0.2) is 17.0 Å². The molecule has 1 aromatic rings. The van der Waals surface area contributed by atoms with E-state index in [4.69, 9.17) is 0 Å². The largest absolute Gasteiger partial charge is 0.309 e. The number of aliphatic imine (C=N–C) groups is 1. The molecule has 2 N–H and O–H groups in total. The summed E-state index contributed by atoms with van der Waals surface area (Å²) in [5, 5.41) is 3.19. The number of nitrogens with zero attached hydrogens (tertiary/aromatic N) is 2. The number of rotatable bonds is 2. The van der Waals surface area contributed by atoms with Gasteiger partial charge in [-0.15, -0.1) is 0 Å². The number of guanidine groups is 1. The molecule has 4 nitrogen and oxygen atoms in total. The van der Waals surface area contributed by atoms with Crippen LogP contribution in [0.3, 0.4) is 0 Å². The zero-order valence-corrected chi connectivity index (χ0v) is 10.5. The zero-order valence-electron chi connectivity index (χ0n) is 9.69. The SMILES string of the molecule is CC(C)C(C)N=C1NSc2cccnc2N1. The minimum absolute atomic E-state index is 0.292. The number of hydrogen-bond donors (Lipinski definition) is 2. The molecule has 0 fully saturated rings. The molecule has 0 aromatic carbocycles. The van der Waals surface area contributed by atoms with Crippen LogP contribution in [0.5, 0.6) is 0 Å². The van der Waals surface area contributed by atoms with Crippen molar-refractivity contribution in [3.05, 3.63) is 18.3 Å². The van der Waals surface area contributed by atoms with Gasteiger partial charge in [0, 0.05) is 6.20 Å². The van der Waals surface area contributed by atoms with Crippen molar-refractivity contribution < 1.29 is 0 Å². The van der Waals surface area contributed by atoms with Gasteiger partial charge in [-0.1, -0.05) is 13.8 Å². The van der Waals surface area contributed by atoms with Crippen LogP contribution >= 0.6 is 11.9 Å². The fourth-order valence-electron chi connectivity index (χ4n) is 1.22. The smallest absolute Gasteiger partial charge is 0.207 e. The second-order valence-corrected chi connectivity index (χ2v) is 4.99. The molecule has 0 spiro atoms. The van der Waals surface area contributed by atoms with Crippen molar-refractivity contribution in [2.75, 3.05) is 5.32 Å². The molecule has 0 amide bonds. The van der Waals surface area contributed by atoms with Gasteiger partial charge in [-0.25, -0.2) is 9.98 Å². The van der Waals surface area contributed by atoms with Crippen LogP contribution in [0.1, 0.15) is 20.8 Å². The summed E-state index contributed by atoms with van der Waals surface area (Å²) in [6.45, 7) is 6.44. The third-order valence-electron chi connectivity index (χ3n) is 2.56. The molecule has 1 unspecified atom stereocenters. The number of fused-ring (bicyclic) bond motifs is 1. The highest BCUT2D eigenvalue weighted by atomic mass is 32.2. The van der Waals surface area contributed by atoms with Crippen LogP contribution in [0.4, 0.5) is 5.82 Å². The molecule has 5 heteroatoms. The summed E-state index contributed by atoms with van der Waals surface area (Å²) >= 11 is 1.54. The highest BCUT2D eigenvalue weighted by molar-refractivity contribution is 7.98. The Balaban J connectivity index is 2.13. The number of hydrogen-bond acceptors (Lipinski definition) is 3. The maximum atomic E-state index is 4.57. The van der Waals surface area contributed by atoms with E-state index in [1.54, 1.807) is 18.1 Å². The monoisotopic (exact) mass is 236 g/mol. The van der Waals surface area contributed by atoms with Crippen LogP contribution in [0.25, 0.3) is 0 Å². The first-order chi connectivity index (χ1) is 7.66. The van der Waals surface area contributed by atoms with Crippen molar-refractivity contribution in [2.45, 2.75) is 31.7 Å². The average Bonchev–Trinajstić information content (AvgIpc) is 2.28. The third-order valence-corrected chi connectivity index (χ3v) is 3.41. The normalized spacial score (nSPS) is 18.9. The van der Waals surface area contributed by atoms with Gasteiger partial charge in [-0.2, -0.15) is 0 Å². The highest BCUT2D eigenvalue weighted by Crippen LogP contribution is 2.26. The van der Waals surface area contributed by atoms with Crippen molar-refractivity contribution in [1.82, 2.24) is 9.71 Å². The number of nitrogens with one attached hydrogen (secondary N) is 2. The zero-order chi connectivity index (χ0) is 11.5. The molecule has 0 radical (unpaired) electrons. The lowest BCUT2D eigenvalue weighted by Crippen LogP contribution is -2.31. The molecular formula is C11H16N4S. The van der Waals surface area contributed by atoms with E-state index in [0.29, 0.717) is 12.0 Å². The third kappa shape index (κ3) is 2.47. The quantitative estimate of drug-likeness (QED) is 0.775. The Kier molecular flexibility index (Phi) is 3.33. The molecule has 1 aliphatic rings. The Hall–Kier alpha value is -1.23.